The van der Waals surface area contributed by atoms with Gasteiger partial charge in [0.1, 0.15) is 17.7 Å². The van der Waals surface area contributed by atoms with Gasteiger partial charge in [0, 0.05) is 18.8 Å². The molecule has 1 amide bonds. The number of azo groups is 1. The lowest BCUT2D eigenvalue weighted by atomic mass is 10.1. The number of hydrogen-bond donors (Lipinski definition) is 1. The van der Waals surface area contributed by atoms with E-state index in [0.717, 1.165) is 34.1 Å². The number of hydrogen-bond acceptors (Lipinski definition) is 5. The van der Waals surface area contributed by atoms with Crippen molar-refractivity contribution in [1.82, 2.24) is 0 Å². The van der Waals surface area contributed by atoms with Crippen LogP contribution >= 0.6 is 11.3 Å². The summed E-state index contributed by atoms with van der Waals surface area (Å²) in [6.07, 6.45) is 0.268. The van der Waals surface area contributed by atoms with E-state index < -0.39 is 0 Å². The number of aryl methyl sites for hydroxylation is 3. The fourth-order valence-corrected chi connectivity index (χ4v) is 4.52. The van der Waals surface area contributed by atoms with Crippen LogP contribution in [-0.2, 0) is 11.3 Å². The van der Waals surface area contributed by atoms with Crippen molar-refractivity contribution in [1.29, 1.82) is 0 Å². The first kappa shape index (κ1) is 20.9. The first-order valence-electron chi connectivity index (χ1n) is 9.91. The molecule has 3 aromatic rings. The summed E-state index contributed by atoms with van der Waals surface area (Å²) in [5.74, 6) is -0.325. The van der Waals surface area contributed by atoms with E-state index in [2.05, 4.69) is 73.2 Å². The zero-order valence-corrected chi connectivity index (χ0v) is 18.3. The maximum Gasteiger partial charge on any atom is 0.409 e. The van der Waals surface area contributed by atoms with Crippen molar-refractivity contribution in [3.05, 3.63) is 47.5 Å². The van der Waals surface area contributed by atoms with E-state index in [1.165, 1.54) is 16.8 Å². The fraction of sp³-hybridized carbons (Fsp3) is 0.364. The molecule has 152 valence electrons. The zero-order valence-electron chi connectivity index (χ0n) is 17.5. The zero-order chi connectivity index (χ0) is 21.0. The minimum Gasteiger partial charge on any atom is -0.372 e. The third-order valence-corrected chi connectivity index (χ3v) is 5.99. The Morgan fingerprint density at radius 3 is 2.52 bits per heavy atom. The smallest absolute Gasteiger partial charge is 0.372 e. The van der Waals surface area contributed by atoms with Gasteiger partial charge in [-0.15, -0.1) is 0 Å². The van der Waals surface area contributed by atoms with Crippen LogP contribution in [0.4, 0.5) is 16.5 Å². The number of thiazole rings is 1. The molecular formula is C22H28N5OS+. The fourth-order valence-electron chi connectivity index (χ4n) is 3.42. The number of fused-ring (bicyclic) bond motifs is 1. The number of anilines is 1. The molecular weight excluding hydrogens is 382 g/mol. The first-order chi connectivity index (χ1) is 13.9. The van der Waals surface area contributed by atoms with Crippen LogP contribution in [0.1, 0.15) is 31.4 Å². The largest absolute Gasteiger partial charge is 0.409 e. The summed E-state index contributed by atoms with van der Waals surface area (Å²) < 4.78 is 3.14. The Balaban J connectivity index is 1.94. The summed E-state index contributed by atoms with van der Waals surface area (Å²) >= 11 is 1.57. The number of benzene rings is 2. The molecule has 0 spiro atoms. The number of rotatable bonds is 8. The van der Waals surface area contributed by atoms with Gasteiger partial charge in [-0.25, -0.2) is 4.57 Å². The Bertz CT molecular complexity index is 1050. The lowest BCUT2D eigenvalue weighted by molar-refractivity contribution is -0.653. The third kappa shape index (κ3) is 4.79. The Kier molecular flexibility index (Phi) is 6.59. The van der Waals surface area contributed by atoms with E-state index >= 15 is 0 Å². The average molecular weight is 411 g/mol. The average Bonchev–Trinajstić information content (AvgIpc) is 3.03. The van der Waals surface area contributed by atoms with Crippen molar-refractivity contribution in [3.63, 3.8) is 0 Å². The maximum absolute atomic E-state index is 11.3. The molecule has 3 rings (SSSR count). The van der Waals surface area contributed by atoms with E-state index in [-0.39, 0.29) is 12.3 Å². The van der Waals surface area contributed by atoms with Crippen LogP contribution in [0.15, 0.2) is 46.6 Å². The molecule has 29 heavy (non-hydrogen) atoms. The highest BCUT2D eigenvalue weighted by Crippen LogP contribution is 2.30. The number of amides is 1. The predicted octanol–water partition coefficient (Wildman–Crippen LogP) is 4.94. The molecule has 0 saturated carbocycles. The highest BCUT2D eigenvalue weighted by molar-refractivity contribution is 7.21. The third-order valence-electron chi connectivity index (χ3n) is 4.96. The minimum atomic E-state index is -0.325. The summed E-state index contributed by atoms with van der Waals surface area (Å²) in [6.45, 7) is 10.9. The van der Waals surface area contributed by atoms with Gasteiger partial charge in [0.15, 0.2) is 0 Å². The summed E-state index contributed by atoms with van der Waals surface area (Å²) in [7, 11) is 0. The second-order valence-corrected chi connectivity index (χ2v) is 8.08. The normalized spacial score (nSPS) is 11.4. The number of aromatic nitrogens is 1. The van der Waals surface area contributed by atoms with E-state index in [1.807, 2.05) is 10.6 Å². The van der Waals surface area contributed by atoms with Crippen molar-refractivity contribution >= 4 is 44.0 Å². The number of carbonyl (C=O) groups is 1. The number of primary amides is 1. The maximum atomic E-state index is 11.3. The molecule has 0 saturated heterocycles. The van der Waals surface area contributed by atoms with Crippen molar-refractivity contribution in [2.45, 2.75) is 40.7 Å². The number of nitrogens with two attached hydrogens (primary N) is 1. The van der Waals surface area contributed by atoms with Crippen LogP contribution in [-0.4, -0.2) is 19.0 Å². The Morgan fingerprint density at radius 2 is 1.86 bits per heavy atom. The van der Waals surface area contributed by atoms with Crippen LogP contribution in [0.3, 0.4) is 0 Å². The second-order valence-electron chi connectivity index (χ2n) is 7.07. The van der Waals surface area contributed by atoms with Gasteiger partial charge in [0.05, 0.1) is 16.2 Å². The van der Waals surface area contributed by atoms with Gasteiger partial charge in [-0.1, -0.05) is 6.07 Å². The minimum absolute atomic E-state index is 0.268. The molecule has 0 bridgehead atoms. The molecule has 1 aromatic heterocycles. The summed E-state index contributed by atoms with van der Waals surface area (Å²) in [4.78, 5) is 13.6. The molecule has 0 aliphatic heterocycles. The van der Waals surface area contributed by atoms with Crippen molar-refractivity contribution in [2.75, 3.05) is 18.0 Å². The molecule has 6 nitrogen and oxygen atoms in total. The van der Waals surface area contributed by atoms with Gasteiger partial charge in [0.2, 0.25) is 5.91 Å². The van der Waals surface area contributed by atoms with E-state index in [9.17, 15) is 4.79 Å². The van der Waals surface area contributed by atoms with Gasteiger partial charge < -0.3 is 10.6 Å². The van der Waals surface area contributed by atoms with Gasteiger partial charge in [-0.05, 0) is 85.6 Å². The molecule has 0 fully saturated rings. The Labute approximate surface area is 175 Å². The summed E-state index contributed by atoms with van der Waals surface area (Å²) in [5.41, 5.74) is 10.8. The second kappa shape index (κ2) is 9.13. The lowest BCUT2D eigenvalue weighted by Crippen LogP contribution is -2.34. The molecule has 1 heterocycles. The van der Waals surface area contributed by atoms with E-state index in [1.54, 1.807) is 11.3 Å². The van der Waals surface area contributed by atoms with Crippen LogP contribution in [0.2, 0.25) is 0 Å². The Morgan fingerprint density at radius 1 is 1.10 bits per heavy atom. The topological polar surface area (TPSA) is 74.9 Å². The van der Waals surface area contributed by atoms with Crippen molar-refractivity contribution in [3.8, 4) is 0 Å². The quantitative estimate of drug-likeness (QED) is 0.422. The number of nitrogens with zero attached hydrogens (tertiary/aromatic N) is 4. The van der Waals surface area contributed by atoms with Crippen molar-refractivity contribution in [2.24, 2.45) is 16.0 Å². The molecule has 2 N–H and O–H groups in total. The predicted molar refractivity (Wildman–Crippen MR) is 119 cm³/mol. The van der Waals surface area contributed by atoms with E-state index in [0.29, 0.717) is 6.54 Å². The van der Waals surface area contributed by atoms with Gasteiger partial charge in [0.25, 0.3) is 0 Å². The van der Waals surface area contributed by atoms with Gasteiger partial charge >= 0.3 is 5.13 Å². The van der Waals surface area contributed by atoms with Crippen LogP contribution in [0.5, 0.6) is 0 Å². The van der Waals surface area contributed by atoms with Crippen LogP contribution in [0.25, 0.3) is 10.2 Å². The molecule has 0 aliphatic carbocycles. The van der Waals surface area contributed by atoms with Gasteiger partial charge in [-0.3, -0.25) is 4.79 Å². The highest BCUT2D eigenvalue weighted by atomic mass is 32.1. The molecule has 0 aliphatic rings. The molecule has 0 radical (unpaired) electrons. The van der Waals surface area contributed by atoms with Gasteiger partial charge in [-0.2, -0.15) is 0 Å². The molecule has 0 unspecified atom stereocenters. The summed E-state index contributed by atoms with van der Waals surface area (Å²) in [6, 6.07) is 12.4. The SMILES string of the molecule is CCN(CC)c1ccc(N=Nc2sc3cc(C)ccc3[n+]2CCC(N)=O)cc1C. The standard InChI is InChI=1S/C22H27N5OS/c1-5-26(6-2)18-10-8-17(14-16(18)4)24-25-22-27(12-11-21(23)28)19-9-7-15(3)13-20(19)29-22/h7-10,13-14H,5-6,11-12H2,1-4H3,(H-,23,28)/p+1. The molecule has 7 heteroatoms. The van der Waals surface area contributed by atoms with Crippen molar-refractivity contribution < 1.29 is 9.36 Å². The lowest BCUT2D eigenvalue weighted by Gasteiger charge is -2.23. The monoisotopic (exact) mass is 410 g/mol. The molecule has 2 aromatic carbocycles. The molecule has 0 atom stereocenters. The summed E-state index contributed by atoms with van der Waals surface area (Å²) in [5, 5.41) is 9.75. The van der Waals surface area contributed by atoms with Crippen LogP contribution in [0, 0.1) is 13.8 Å². The van der Waals surface area contributed by atoms with E-state index in [4.69, 9.17) is 5.73 Å². The first-order valence-corrected chi connectivity index (χ1v) is 10.7. The Hall–Kier alpha value is -2.80. The number of carbonyl (C=O) groups excluding carboxylic acids is 1. The highest BCUT2D eigenvalue weighted by Gasteiger charge is 2.20. The van der Waals surface area contributed by atoms with Crippen LogP contribution < -0.4 is 15.2 Å².